The van der Waals surface area contributed by atoms with Crippen LogP contribution in [0.15, 0.2) is 0 Å². The van der Waals surface area contributed by atoms with E-state index in [1.165, 1.54) is 14.2 Å². The summed E-state index contributed by atoms with van der Waals surface area (Å²) in [5.41, 5.74) is -3.01. The maximum absolute atomic E-state index is 11.9. The van der Waals surface area contributed by atoms with Crippen molar-refractivity contribution < 1.29 is 143 Å². The van der Waals surface area contributed by atoms with Gasteiger partial charge in [0.2, 0.25) is 36.6 Å². The number of carbonyl (C=O) groups excluding carboxylic acids is 14. The molecule has 7 fully saturated rings. The number of hydrogen-bond acceptors (Lipinski definition) is 30. The van der Waals surface area contributed by atoms with Crippen molar-refractivity contribution in [2.75, 3.05) is 60.5 Å². The summed E-state index contributed by atoms with van der Waals surface area (Å²) < 4.78 is 79.2. The van der Waals surface area contributed by atoms with E-state index in [-0.39, 0.29) is 91.9 Å². The highest BCUT2D eigenvalue weighted by Crippen LogP contribution is 2.35. The van der Waals surface area contributed by atoms with Gasteiger partial charge in [-0.1, -0.05) is 96.9 Å². The average molecular weight is 1480 g/mol. The molecule has 103 heavy (non-hydrogen) atoms. The SMILES string of the molecule is CCC(C)(C)C(=O)OC1C(=O)OCC1(C)C.CCC(C)(C)C(=O)OC1C(=O)OCC1OC.CCC(C)(C)C(=O)OC1CCOC1=O.CCC(C)(C)C(=O)OC1COC(=O)C1.CCC(C)C(=O)OC1C(=O)OCC1(C)C.CCC(C)C(=O)OC1C(=O)OCC1OC.CCC(C)C(=O)OC1CCOC1=O. The van der Waals surface area contributed by atoms with Gasteiger partial charge in [0.05, 0.1) is 59.0 Å². The lowest BCUT2D eigenvalue weighted by Crippen LogP contribution is -2.39. The Morgan fingerprint density at radius 1 is 0.398 bits per heavy atom. The Balaban J connectivity index is 0.000000601. The molecular weight excluding hydrogens is 1360 g/mol. The molecule has 0 bridgehead atoms. The molecular formula is C73H118O30. The number of carbonyl (C=O) groups is 14. The summed E-state index contributed by atoms with van der Waals surface area (Å²) in [6.45, 7) is 42.3. The Bertz CT molecular complexity index is 2870. The van der Waals surface area contributed by atoms with Crippen LogP contribution in [0.2, 0.25) is 0 Å². The van der Waals surface area contributed by atoms with Gasteiger partial charge in [0.15, 0.2) is 0 Å². The van der Waals surface area contributed by atoms with E-state index in [1.54, 1.807) is 48.5 Å². The number of esters is 14. The molecule has 0 N–H and O–H groups in total. The minimum atomic E-state index is -0.927. The van der Waals surface area contributed by atoms with E-state index in [0.717, 1.165) is 6.42 Å². The largest absolute Gasteiger partial charge is 0.463 e. The first-order valence-electron chi connectivity index (χ1n) is 35.3. The summed E-state index contributed by atoms with van der Waals surface area (Å²) >= 11 is 0. The van der Waals surface area contributed by atoms with Gasteiger partial charge in [-0.15, -0.1) is 0 Å². The van der Waals surface area contributed by atoms with Gasteiger partial charge in [-0.3, -0.25) is 38.4 Å². The highest BCUT2D eigenvalue weighted by atomic mass is 16.7. The predicted octanol–water partition coefficient (Wildman–Crippen LogP) is 8.32. The molecule has 0 aromatic rings. The van der Waals surface area contributed by atoms with Gasteiger partial charge in [0.25, 0.3) is 0 Å². The Hall–Kier alpha value is -7.50. The van der Waals surface area contributed by atoms with E-state index >= 15 is 0 Å². The van der Waals surface area contributed by atoms with Crippen molar-refractivity contribution in [2.24, 2.45) is 50.2 Å². The number of methoxy groups -OCH3 is 2. The molecule has 0 aromatic carbocycles. The molecule has 7 aliphatic rings. The maximum Gasteiger partial charge on any atom is 0.350 e. The van der Waals surface area contributed by atoms with Crippen molar-refractivity contribution in [1.82, 2.24) is 0 Å². The van der Waals surface area contributed by atoms with E-state index in [1.807, 2.05) is 104 Å². The van der Waals surface area contributed by atoms with Crippen LogP contribution in [0.3, 0.4) is 0 Å². The third kappa shape index (κ3) is 29.5. The Morgan fingerprint density at radius 2 is 0.728 bits per heavy atom. The molecule has 590 valence electrons. The monoisotopic (exact) mass is 1470 g/mol. The van der Waals surface area contributed by atoms with Crippen LogP contribution in [-0.4, -0.2) is 199 Å². The molecule has 7 aliphatic heterocycles. The van der Waals surface area contributed by atoms with E-state index in [4.69, 9.17) is 71.1 Å². The van der Waals surface area contributed by atoms with Gasteiger partial charge in [-0.05, 0) is 100 Å². The number of cyclic esters (lactones) is 7. The van der Waals surface area contributed by atoms with Crippen molar-refractivity contribution in [1.29, 1.82) is 0 Å². The molecule has 0 aromatic heterocycles. The van der Waals surface area contributed by atoms with Gasteiger partial charge in [-0.2, -0.15) is 0 Å². The molecule has 30 nitrogen and oxygen atoms in total. The van der Waals surface area contributed by atoms with Gasteiger partial charge in [-0.25, -0.2) is 28.8 Å². The predicted molar refractivity (Wildman–Crippen MR) is 364 cm³/mol. The van der Waals surface area contributed by atoms with Gasteiger partial charge in [0.1, 0.15) is 51.3 Å². The van der Waals surface area contributed by atoms with Crippen LogP contribution in [0.5, 0.6) is 0 Å². The first-order chi connectivity index (χ1) is 47.7. The molecule has 0 radical (unpaired) electrons. The summed E-state index contributed by atoms with van der Waals surface area (Å²) in [6.07, 6.45) is -0.0910. The maximum atomic E-state index is 11.9. The van der Waals surface area contributed by atoms with Gasteiger partial charge >= 0.3 is 83.6 Å². The fraction of sp³-hybridized carbons (Fsp3) is 0.808. The molecule has 30 heteroatoms. The van der Waals surface area contributed by atoms with Crippen LogP contribution in [0.25, 0.3) is 0 Å². The minimum Gasteiger partial charge on any atom is -0.463 e. The van der Waals surface area contributed by atoms with Crippen molar-refractivity contribution in [2.45, 2.75) is 271 Å². The van der Waals surface area contributed by atoms with E-state index in [0.29, 0.717) is 77.8 Å². The van der Waals surface area contributed by atoms with Gasteiger partial charge < -0.3 is 75.8 Å². The first-order valence-corrected chi connectivity index (χ1v) is 35.3. The lowest BCUT2D eigenvalue weighted by molar-refractivity contribution is -0.170. The topological polar surface area (TPSA) is 387 Å². The lowest BCUT2D eigenvalue weighted by atomic mass is 9.88. The highest BCUT2D eigenvalue weighted by Gasteiger charge is 2.50. The van der Waals surface area contributed by atoms with E-state index < -0.39 is 123 Å². The van der Waals surface area contributed by atoms with Crippen LogP contribution in [0.4, 0.5) is 0 Å². The van der Waals surface area contributed by atoms with Crippen molar-refractivity contribution in [3.8, 4) is 0 Å². The Kier molecular flexibility index (Phi) is 38.5. The minimum absolute atomic E-state index is 0.139. The van der Waals surface area contributed by atoms with Crippen LogP contribution in [0.1, 0.15) is 217 Å². The summed E-state index contributed by atoms with van der Waals surface area (Å²) in [4.78, 5) is 159. The second-order valence-corrected chi connectivity index (χ2v) is 29.8. The van der Waals surface area contributed by atoms with Crippen LogP contribution < -0.4 is 0 Å². The molecule has 12 atom stereocenters. The zero-order valence-electron chi connectivity index (χ0n) is 65.2. The molecule has 0 amide bonds. The van der Waals surface area contributed by atoms with E-state index in [2.05, 4.69) is 4.74 Å². The smallest absolute Gasteiger partial charge is 0.350 e. The summed E-state index contributed by atoms with van der Waals surface area (Å²) in [5, 5.41) is 0. The lowest BCUT2D eigenvalue weighted by Gasteiger charge is -2.27. The van der Waals surface area contributed by atoms with Crippen LogP contribution in [-0.2, 0) is 143 Å². The summed E-state index contributed by atoms with van der Waals surface area (Å²) in [6, 6.07) is 0. The van der Waals surface area contributed by atoms with E-state index in [9.17, 15) is 67.1 Å². The number of hydrogen-bond donors (Lipinski definition) is 0. The molecule has 0 spiro atoms. The fourth-order valence-electron chi connectivity index (χ4n) is 8.16. The summed E-state index contributed by atoms with van der Waals surface area (Å²) in [5.74, 6) is -5.96. The second-order valence-electron chi connectivity index (χ2n) is 29.8. The first kappa shape index (κ1) is 93.5. The zero-order chi connectivity index (χ0) is 79.3. The van der Waals surface area contributed by atoms with Crippen LogP contribution >= 0.6 is 0 Å². The fourth-order valence-corrected chi connectivity index (χ4v) is 8.16. The normalized spacial score (nSPS) is 24.4. The Morgan fingerprint density at radius 3 is 1.05 bits per heavy atom. The number of ether oxygens (including phenoxy) is 16. The molecule has 0 aliphatic carbocycles. The molecule has 7 heterocycles. The van der Waals surface area contributed by atoms with Crippen molar-refractivity contribution in [3.05, 3.63) is 0 Å². The molecule has 7 saturated heterocycles. The van der Waals surface area contributed by atoms with Crippen LogP contribution in [0, 0.1) is 50.2 Å². The van der Waals surface area contributed by atoms with Crippen molar-refractivity contribution in [3.63, 3.8) is 0 Å². The Labute approximate surface area is 606 Å². The molecule has 12 unspecified atom stereocenters. The molecule has 0 saturated carbocycles. The average Bonchev–Trinajstić information content (AvgIpc) is 1.70. The quantitative estimate of drug-likeness (QED) is 0.0685. The zero-order valence-corrected chi connectivity index (χ0v) is 65.2. The summed E-state index contributed by atoms with van der Waals surface area (Å²) in [7, 11) is 2.91. The van der Waals surface area contributed by atoms with Gasteiger partial charge in [0, 0.05) is 37.9 Å². The highest BCUT2D eigenvalue weighted by molar-refractivity contribution is 5.86. The third-order valence-corrected chi connectivity index (χ3v) is 18.7. The molecule has 7 rings (SSSR count). The second kappa shape index (κ2) is 42.5. The third-order valence-electron chi connectivity index (χ3n) is 18.7. The van der Waals surface area contributed by atoms with Crippen molar-refractivity contribution >= 4 is 83.6 Å². The standard InChI is InChI=1S/C12H20O4.C11H18O5.C11H18O4.C10H16O5.2C10H16O4.C9H14O4/c1-6-11(2,3)10(14)16-8-9(13)15-7-12(8,4)5;1-5-11(2,3)10(13)16-8-7(14-4)6-15-9(8)12;1-5-7(2)9(12)15-8-10(13)14-6-11(8,3)4;1-4-6(2)9(11)15-8-7(13-3)5-14-10(8)12;1-4-10(2,3)9(12)14-7-5-8(11)13-6-7;1-4-10(2,3)9(12)14-7-5-6-13-8(7)11;1-3-6(2)8(10)13-7-4-5-12-9(7)11/h8H,6-7H2,1-5H3;7-8H,5-6H2,1-4H3;7-8H,5-6H2,1-4H3;6-8H,4-5H2,1-3H3;2*7H,4-6H2,1-3H3;6-7H,3-5H2,1-2H3. The number of rotatable bonds is 23.